The van der Waals surface area contributed by atoms with Crippen LogP contribution in [0.5, 0.6) is 0 Å². The van der Waals surface area contributed by atoms with E-state index < -0.39 is 5.97 Å². The maximum Gasteiger partial charge on any atom is 0.305 e. The summed E-state index contributed by atoms with van der Waals surface area (Å²) in [6.07, 6.45) is 3.51. The number of hydrogen-bond acceptors (Lipinski definition) is 3. The van der Waals surface area contributed by atoms with Crippen LogP contribution in [-0.4, -0.2) is 48.2 Å². The number of rotatable bonds is 7. The van der Waals surface area contributed by atoms with Crippen LogP contribution in [0.4, 0.5) is 0 Å². The second kappa shape index (κ2) is 8.37. The number of carboxylic acid groups (broad SMARTS) is 1. The Balaban J connectivity index is 2.43. The molecular formula is C16H29NO4. The van der Waals surface area contributed by atoms with Gasteiger partial charge < -0.3 is 14.7 Å². The maximum atomic E-state index is 12.0. The molecule has 3 unspecified atom stereocenters. The van der Waals surface area contributed by atoms with Crippen molar-refractivity contribution in [1.29, 1.82) is 0 Å². The molecular weight excluding hydrogens is 270 g/mol. The number of nitrogens with zero attached hydrogens (tertiary/aromatic N) is 1. The summed E-state index contributed by atoms with van der Waals surface area (Å²) >= 11 is 0. The minimum atomic E-state index is -0.892. The number of carbonyl (C=O) groups excluding carboxylic acids is 1. The molecule has 1 rings (SSSR count). The lowest BCUT2D eigenvalue weighted by Crippen LogP contribution is -2.38. The topological polar surface area (TPSA) is 66.8 Å². The highest BCUT2D eigenvalue weighted by Gasteiger charge is 2.31. The van der Waals surface area contributed by atoms with E-state index in [2.05, 4.69) is 20.8 Å². The number of amides is 1. The van der Waals surface area contributed by atoms with Crippen molar-refractivity contribution in [2.75, 3.05) is 20.2 Å². The van der Waals surface area contributed by atoms with Gasteiger partial charge in [0.2, 0.25) is 5.91 Å². The molecule has 0 heterocycles. The van der Waals surface area contributed by atoms with Crippen molar-refractivity contribution in [3.05, 3.63) is 0 Å². The van der Waals surface area contributed by atoms with Gasteiger partial charge in [-0.1, -0.05) is 27.2 Å². The van der Waals surface area contributed by atoms with Gasteiger partial charge in [-0.25, -0.2) is 0 Å². The molecule has 0 bridgehead atoms. The first kappa shape index (κ1) is 18.0. The summed E-state index contributed by atoms with van der Waals surface area (Å²) in [7, 11) is 1.62. The normalized spacial score (nSPS) is 25.9. The molecule has 1 saturated carbocycles. The number of ether oxygens (including phenoxy) is 1. The Hall–Kier alpha value is -1.10. The molecule has 0 aromatic heterocycles. The zero-order valence-corrected chi connectivity index (χ0v) is 13.7. The third-order valence-corrected chi connectivity index (χ3v) is 4.47. The van der Waals surface area contributed by atoms with Crippen LogP contribution in [0.3, 0.4) is 0 Å². The van der Waals surface area contributed by atoms with E-state index in [4.69, 9.17) is 9.84 Å². The van der Waals surface area contributed by atoms with E-state index in [1.807, 2.05) is 0 Å². The lowest BCUT2D eigenvalue weighted by Gasteiger charge is -2.37. The van der Waals surface area contributed by atoms with E-state index in [1.54, 1.807) is 7.05 Å². The van der Waals surface area contributed by atoms with E-state index in [9.17, 15) is 9.59 Å². The van der Waals surface area contributed by atoms with Gasteiger partial charge in [0, 0.05) is 13.6 Å². The molecule has 0 aromatic rings. The number of aliphatic carboxylic acids is 1. The third-order valence-electron chi connectivity index (χ3n) is 4.47. The Kier molecular flexibility index (Phi) is 7.15. The van der Waals surface area contributed by atoms with Gasteiger partial charge in [0.05, 0.1) is 12.5 Å². The first-order valence-corrected chi connectivity index (χ1v) is 7.88. The number of carbonyl (C=O) groups is 2. The molecule has 1 aliphatic carbocycles. The van der Waals surface area contributed by atoms with Crippen molar-refractivity contribution in [2.45, 2.75) is 52.6 Å². The van der Waals surface area contributed by atoms with Gasteiger partial charge in [-0.2, -0.15) is 0 Å². The molecule has 0 radical (unpaired) electrons. The van der Waals surface area contributed by atoms with Crippen LogP contribution in [0.15, 0.2) is 0 Å². The fourth-order valence-corrected chi connectivity index (χ4v) is 2.98. The Morgan fingerprint density at radius 1 is 1.33 bits per heavy atom. The van der Waals surface area contributed by atoms with Gasteiger partial charge >= 0.3 is 5.97 Å². The quantitative estimate of drug-likeness (QED) is 0.784. The zero-order chi connectivity index (χ0) is 16.0. The van der Waals surface area contributed by atoms with Crippen LogP contribution < -0.4 is 0 Å². The van der Waals surface area contributed by atoms with Crippen LogP contribution in [-0.2, 0) is 14.3 Å². The van der Waals surface area contributed by atoms with Crippen molar-refractivity contribution >= 4 is 11.9 Å². The predicted octanol–water partition coefficient (Wildman–Crippen LogP) is 2.40. The molecule has 1 amide bonds. The van der Waals surface area contributed by atoms with Gasteiger partial charge in [0.15, 0.2) is 0 Å². The van der Waals surface area contributed by atoms with Crippen molar-refractivity contribution in [3.8, 4) is 0 Å². The SMILES string of the molecule is CC1CCC(C(C)C)C(OCC(=O)N(C)CCC(=O)O)C1. The van der Waals surface area contributed by atoms with E-state index >= 15 is 0 Å². The van der Waals surface area contributed by atoms with E-state index in [0.717, 1.165) is 12.8 Å². The Labute approximate surface area is 127 Å². The Morgan fingerprint density at radius 3 is 2.57 bits per heavy atom. The van der Waals surface area contributed by atoms with Gasteiger partial charge in [0.1, 0.15) is 6.61 Å². The van der Waals surface area contributed by atoms with E-state index in [0.29, 0.717) is 17.8 Å². The minimum Gasteiger partial charge on any atom is -0.481 e. The van der Waals surface area contributed by atoms with Crippen LogP contribution in [0.1, 0.15) is 46.5 Å². The second-order valence-electron chi connectivity index (χ2n) is 6.63. The third kappa shape index (κ3) is 6.04. The highest BCUT2D eigenvalue weighted by atomic mass is 16.5. The summed E-state index contributed by atoms with van der Waals surface area (Å²) in [5.74, 6) is 0.680. The number of hydrogen-bond donors (Lipinski definition) is 1. The maximum absolute atomic E-state index is 12.0. The summed E-state index contributed by atoms with van der Waals surface area (Å²) in [5.41, 5.74) is 0. The molecule has 0 aliphatic heterocycles. The number of likely N-dealkylation sites (N-methyl/N-ethyl adjacent to an activating group) is 1. The van der Waals surface area contributed by atoms with E-state index in [1.165, 1.54) is 11.3 Å². The lowest BCUT2D eigenvalue weighted by molar-refractivity contribution is -0.142. The van der Waals surface area contributed by atoms with Crippen LogP contribution >= 0.6 is 0 Å². The molecule has 1 fully saturated rings. The monoisotopic (exact) mass is 299 g/mol. The van der Waals surface area contributed by atoms with Crippen molar-refractivity contribution in [2.24, 2.45) is 17.8 Å². The van der Waals surface area contributed by atoms with E-state index in [-0.39, 0.29) is 31.6 Å². The number of carboxylic acids is 1. The summed E-state index contributed by atoms with van der Waals surface area (Å²) in [5, 5.41) is 8.63. The molecule has 21 heavy (non-hydrogen) atoms. The van der Waals surface area contributed by atoms with Gasteiger partial charge in [0.25, 0.3) is 0 Å². The van der Waals surface area contributed by atoms with Crippen molar-refractivity contribution in [3.63, 3.8) is 0 Å². The fraction of sp³-hybridized carbons (Fsp3) is 0.875. The average molecular weight is 299 g/mol. The smallest absolute Gasteiger partial charge is 0.305 e. The molecule has 0 saturated heterocycles. The highest BCUT2D eigenvalue weighted by Crippen LogP contribution is 2.35. The molecule has 5 nitrogen and oxygen atoms in total. The van der Waals surface area contributed by atoms with Crippen LogP contribution in [0.2, 0.25) is 0 Å². The van der Waals surface area contributed by atoms with Gasteiger partial charge in [-0.3, -0.25) is 9.59 Å². The summed E-state index contributed by atoms with van der Waals surface area (Å²) < 4.78 is 5.88. The Bertz CT molecular complexity index is 356. The van der Waals surface area contributed by atoms with Crippen LogP contribution in [0.25, 0.3) is 0 Å². The van der Waals surface area contributed by atoms with Crippen LogP contribution in [0, 0.1) is 17.8 Å². The molecule has 0 spiro atoms. The molecule has 5 heteroatoms. The lowest BCUT2D eigenvalue weighted by atomic mass is 9.75. The highest BCUT2D eigenvalue weighted by molar-refractivity contribution is 5.77. The first-order valence-electron chi connectivity index (χ1n) is 7.88. The molecule has 1 aliphatic rings. The minimum absolute atomic E-state index is 0.0304. The van der Waals surface area contributed by atoms with Crippen molar-refractivity contribution < 1.29 is 19.4 Å². The first-order chi connectivity index (χ1) is 9.81. The van der Waals surface area contributed by atoms with Gasteiger partial charge in [-0.05, 0) is 30.6 Å². The van der Waals surface area contributed by atoms with Gasteiger partial charge in [-0.15, -0.1) is 0 Å². The fourth-order valence-electron chi connectivity index (χ4n) is 2.98. The average Bonchev–Trinajstić information content (AvgIpc) is 2.41. The largest absolute Gasteiger partial charge is 0.481 e. The second-order valence-corrected chi connectivity index (χ2v) is 6.63. The Morgan fingerprint density at radius 2 is 2.00 bits per heavy atom. The van der Waals surface area contributed by atoms with Crippen molar-refractivity contribution in [1.82, 2.24) is 4.90 Å². The standard InChI is InChI=1S/C16H29NO4/c1-11(2)13-6-5-12(3)9-14(13)21-10-15(18)17(4)8-7-16(19)20/h11-14H,5-10H2,1-4H3,(H,19,20). The molecule has 1 N–H and O–H groups in total. The summed E-state index contributed by atoms with van der Waals surface area (Å²) in [6.45, 7) is 6.92. The summed E-state index contributed by atoms with van der Waals surface area (Å²) in [6, 6.07) is 0. The zero-order valence-electron chi connectivity index (χ0n) is 13.7. The predicted molar refractivity (Wildman–Crippen MR) is 81.0 cm³/mol. The molecule has 3 atom stereocenters. The molecule has 0 aromatic carbocycles. The molecule has 122 valence electrons. The summed E-state index contributed by atoms with van der Waals surface area (Å²) in [4.78, 5) is 23.9.